The van der Waals surface area contributed by atoms with E-state index in [4.69, 9.17) is 5.73 Å². The van der Waals surface area contributed by atoms with Crippen molar-refractivity contribution in [1.29, 1.82) is 0 Å². The van der Waals surface area contributed by atoms with Crippen molar-refractivity contribution >= 4 is 5.91 Å². The van der Waals surface area contributed by atoms with Crippen LogP contribution in [0.1, 0.15) is 33.1 Å². The normalized spacial score (nSPS) is 20.9. The molecule has 1 amide bonds. The molecule has 0 radical (unpaired) electrons. The van der Waals surface area contributed by atoms with Crippen molar-refractivity contribution in [1.82, 2.24) is 10.4 Å². The SMILES string of the molecule is CC(C)C(N)C(=O)NN1CCCCC1. The van der Waals surface area contributed by atoms with E-state index in [1.54, 1.807) is 0 Å². The molecule has 1 unspecified atom stereocenters. The van der Waals surface area contributed by atoms with Gasteiger partial charge in [0, 0.05) is 13.1 Å². The number of carbonyl (C=O) groups is 1. The van der Waals surface area contributed by atoms with Crippen molar-refractivity contribution < 1.29 is 4.79 Å². The van der Waals surface area contributed by atoms with Gasteiger partial charge in [-0.05, 0) is 18.8 Å². The topological polar surface area (TPSA) is 58.4 Å². The summed E-state index contributed by atoms with van der Waals surface area (Å²) in [5.74, 6) is 0.140. The fraction of sp³-hybridized carbons (Fsp3) is 0.900. The standard InChI is InChI=1S/C10H21N3O/c1-8(2)9(11)10(14)12-13-6-4-3-5-7-13/h8-9H,3-7,11H2,1-2H3,(H,12,14). The van der Waals surface area contributed by atoms with Crippen LogP contribution in [0.4, 0.5) is 0 Å². The van der Waals surface area contributed by atoms with Crippen LogP contribution in [0.25, 0.3) is 0 Å². The molecule has 1 fully saturated rings. The molecule has 0 aromatic heterocycles. The quantitative estimate of drug-likeness (QED) is 0.695. The van der Waals surface area contributed by atoms with E-state index in [0.717, 1.165) is 25.9 Å². The lowest BCUT2D eigenvalue weighted by Gasteiger charge is -2.28. The summed E-state index contributed by atoms with van der Waals surface area (Å²) < 4.78 is 0. The molecule has 1 aliphatic heterocycles. The molecule has 4 heteroatoms. The Hall–Kier alpha value is -0.610. The third-order valence-electron chi connectivity index (χ3n) is 2.65. The van der Waals surface area contributed by atoms with Gasteiger partial charge in [0.1, 0.15) is 0 Å². The van der Waals surface area contributed by atoms with Crippen molar-refractivity contribution in [3.63, 3.8) is 0 Å². The molecule has 0 aliphatic carbocycles. The summed E-state index contributed by atoms with van der Waals surface area (Å²) in [7, 11) is 0. The highest BCUT2D eigenvalue weighted by molar-refractivity contribution is 5.81. The van der Waals surface area contributed by atoms with Gasteiger partial charge in [0.05, 0.1) is 6.04 Å². The molecule has 0 aromatic rings. The van der Waals surface area contributed by atoms with Gasteiger partial charge >= 0.3 is 0 Å². The lowest BCUT2D eigenvalue weighted by molar-refractivity contribution is -0.128. The predicted octanol–water partition coefficient (Wildman–Crippen LogP) is 0.487. The third kappa shape index (κ3) is 3.27. The van der Waals surface area contributed by atoms with E-state index in [1.165, 1.54) is 6.42 Å². The number of piperidine rings is 1. The molecule has 1 rings (SSSR count). The van der Waals surface area contributed by atoms with Gasteiger partial charge in [0.2, 0.25) is 0 Å². The van der Waals surface area contributed by atoms with Crippen LogP contribution in [0.5, 0.6) is 0 Å². The highest BCUT2D eigenvalue weighted by atomic mass is 16.2. The molecule has 0 bridgehead atoms. The first kappa shape index (κ1) is 11.5. The molecule has 0 aromatic carbocycles. The maximum absolute atomic E-state index is 11.6. The van der Waals surface area contributed by atoms with Gasteiger partial charge in [-0.3, -0.25) is 10.2 Å². The van der Waals surface area contributed by atoms with Gasteiger partial charge in [-0.1, -0.05) is 20.3 Å². The first-order valence-corrected chi connectivity index (χ1v) is 5.42. The average molecular weight is 199 g/mol. The number of carbonyl (C=O) groups excluding carboxylic acids is 1. The largest absolute Gasteiger partial charge is 0.320 e. The van der Waals surface area contributed by atoms with Crippen LogP contribution in [0, 0.1) is 5.92 Å². The van der Waals surface area contributed by atoms with E-state index >= 15 is 0 Å². The number of hydrogen-bond acceptors (Lipinski definition) is 3. The second-order valence-electron chi connectivity index (χ2n) is 4.29. The van der Waals surface area contributed by atoms with Crippen molar-refractivity contribution in [3.05, 3.63) is 0 Å². The monoisotopic (exact) mass is 199 g/mol. The smallest absolute Gasteiger partial charge is 0.251 e. The molecule has 4 nitrogen and oxygen atoms in total. The third-order valence-corrected chi connectivity index (χ3v) is 2.65. The van der Waals surface area contributed by atoms with E-state index in [0.29, 0.717) is 0 Å². The van der Waals surface area contributed by atoms with Gasteiger partial charge in [0.15, 0.2) is 0 Å². The van der Waals surface area contributed by atoms with E-state index in [2.05, 4.69) is 5.43 Å². The van der Waals surface area contributed by atoms with Crippen molar-refractivity contribution in [2.24, 2.45) is 11.7 Å². The Morgan fingerprint density at radius 2 is 1.86 bits per heavy atom. The molecule has 82 valence electrons. The molecule has 14 heavy (non-hydrogen) atoms. The number of nitrogens with one attached hydrogen (secondary N) is 1. The highest BCUT2D eigenvalue weighted by Crippen LogP contribution is 2.06. The zero-order valence-corrected chi connectivity index (χ0v) is 9.12. The Morgan fingerprint density at radius 3 is 2.36 bits per heavy atom. The summed E-state index contributed by atoms with van der Waals surface area (Å²) in [6.45, 7) is 5.83. The molecule has 1 atom stereocenters. The lowest BCUT2D eigenvalue weighted by atomic mass is 10.1. The van der Waals surface area contributed by atoms with Crippen molar-refractivity contribution in [3.8, 4) is 0 Å². The summed E-state index contributed by atoms with van der Waals surface area (Å²) in [6.07, 6.45) is 3.59. The summed E-state index contributed by atoms with van der Waals surface area (Å²) in [5, 5.41) is 1.98. The van der Waals surface area contributed by atoms with Crippen LogP contribution in [0.15, 0.2) is 0 Å². The Bertz CT molecular complexity index is 188. The fourth-order valence-electron chi connectivity index (χ4n) is 1.54. The van der Waals surface area contributed by atoms with Crippen LogP contribution >= 0.6 is 0 Å². The minimum Gasteiger partial charge on any atom is -0.320 e. The average Bonchev–Trinajstić information content (AvgIpc) is 2.18. The van der Waals surface area contributed by atoms with Crippen molar-refractivity contribution in [2.75, 3.05) is 13.1 Å². The first-order chi connectivity index (χ1) is 6.61. The van der Waals surface area contributed by atoms with Gasteiger partial charge in [0.25, 0.3) is 5.91 Å². The lowest BCUT2D eigenvalue weighted by Crippen LogP contribution is -2.52. The molecule has 3 N–H and O–H groups in total. The summed E-state index contributed by atoms with van der Waals surface area (Å²) in [6, 6.07) is -0.392. The van der Waals surface area contributed by atoms with Gasteiger partial charge in [-0.15, -0.1) is 0 Å². The minimum atomic E-state index is -0.392. The minimum absolute atomic E-state index is 0.0538. The molecule has 0 spiro atoms. The van der Waals surface area contributed by atoms with Crippen LogP contribution in [-0.2, 0) is 4.79 Å². The van der Waals surface area contributed by atoms with Gasteiger partial charge < -0.3 is 5.73 Å². The molecular formula is C10H21N3O. The molecule has 1 aliphatic rings. The van der Waals surface area contributed by atoms with E-state index in [9.17, 15) is 4.79 Å². The highest BCUT2D eigenvalue weighted by Gasteiger charge is 2.20. The summed E-state index contributed by atoms with van der Waals surface area (Å²) in [5.41, 5.74) is 8.61. The Balaban J connectivity index is 2.31. The predicted molar refractivity (Wildman–Crippen MR) is 56.4 cm³/mol. The summed E-state index contributed by atoms with van der Waals surface area (Å²) in [4.78, 5) is 11.6. The van der Waals surface area contributed by atoms with Crippen LogP contribution in [0.3, 0.4) is 0 Å². The number of rotatable bonds is 3. The fourth-order valence-corrected chi connectivity index (χ4v) is 1.54. The zero-order valence-electron chi connectivity index (χ0n) is 9.12. The van der Waals surface area contributed by atoms with E-state index in [1.807, 2.05) is 18.9 Å². The van der Waals surface area contributed by atoms with E-state index < -0.39 is 6.04 Å². The maximum Gasteiger partial charge on any atom is 0.251 e. The van der Waals surface area contributed by atoms with Crippen LogP contribution < -0.4 is 11.2 Å². The van der Waals surface area contributed by atoms with Crippen LogP contribution in [0.2, 0.25) is 0 Å². The Labute approximate surface area is 85.8 Å². The molecule has 0 saturated carbocycles. The second kappa shape index (κ2) is 5.32. The Kier molecular flexibility index (Phi) is 4.35. The molecular weight excluding hydrogens is 178 g/mol. The van der Waals surface area contributed by atoms with Gasteiger partial charge in [-0.25, -0.2) is 5.01 Å². The molecule has 1 saturated heterocycles. The number of amides is 1. The van der Waals surface area contributed by atoms with Crippen molar-refractivity contribution in [2.45, 2.75) is 39.2 Å². The van der Waals surface area contributed by atoms with E-state index in [-0.39, 0.29) is 11.8 Å². The Morgan fingerprint density at radius 1 is 1.29 bits per heavy atom. The number of nitrogens with two attached hydrogens (primary N) is 1. The second-order valence-corrected chi connectivity index (χ2v) is 4.29. The van der Waals surface area contributed by atoms with Crippen LogP contribution in [-0.4, -0.2) is 30.0 Å². The first-order valence-electron chi connectivity index (χ1n) is 5.42. The molecule has 1 heterocycles. The summed E-state index contributed by atoms with van der Waals surface area (Å²) >= 11 is 0. The zero-order chi connectivity index (χ0) is 10.6. The van der Waals surface area contributed by atoms with Gasteiger partial charge in [-0.2, -0.15) is 0 Å². The maximum atomic E-state index is 11.6. The number of nitrogens with zero attached hydrogens (tertiary/aromatic N) is 1. The number of hydrazine groups is 1. The number of hydrogen-bond donors (Lipinski definition) is 2.